The maximum absolute atomic E-state index is 13.5. The van der Waals surface area contributed by atoms with Gasteiger partial charge in [-0.05, 0) is 43.9 Å². The lowest BCUT2D eigenvalue weighted by molar-refractivity contribution is -0.0817. The molecule has 112 valence electrons. The van der Waals surface area contributed by atoms with Crippen LogP contribution in [0.25, 0.3) is 0 Å². The highest BCUT2D eigenvalue weighted by atomic mass is 35.5. The summed E-state index contributed by atoms with van der Waals surface area (Å²) in [5.74, 6) is -0.384. The van der Waals surface area contributed by atoms with Crippen LogP contribution in [-0.4, -0.2) is 18.2 Å². The summed E-state index contributed by atoms with van der Waals surface area (Å²) in [5, 5.41) is 0.152. The fourth-order valence-electron chi connectivity index (χ4n) is 3.17. The second-order valence-corrected chi connectivity index (χ2v) is 6.02. The standard InChI is InChI=1S/C16H23ClFNO/c1-2-20-16(8-4-3-5-9-16)15(19)11-12-6-7-13(17)14(18)10-12/h6-7,10,15H,2-5,8-9,11,19H2,1H3. The minimum Gasteiger partial charge on any atom is -0.374 e. The van der Waals surface area contributed by atoms with Crippen molar-refractivity contribution in [3.05, 3.63) is 34.6 Å². The Labute approximate surface area is 125 Å². The molecular formula is C16H23ClFNO. The predicted molar refractivity (Wildman–Crippen MR) is 80.5 cm³/mol. The van der Waals surface area contributed by atoms with E-state index in [0.29, 0.717) is 13.0 Å². The minimum atomic E-state index is -0.384. The maximum Gasteiger partial charge on any atom is 0.142 e. The smallest absolute Gasteiger partial charge is 0.142 e. The van der Waals surface area contributed by atoms with Gasteiger partial charge in [-0.1, -0.05) is 36.9 Å². The number of halogens is 2. The molecular weight excluding hydrogens is 277 g/mol. The van der Waals surface area contributed by atoms with E-state index in [1.807, 2.05) is 13.0 Å². The van der Waals surface area contributed by atoms with Gasteiger partial charge in [0.1, 0.15) is 5.82 Å². The van der Waals surface area contributed by atoms with Crippen molar-refractivity contribution in [3.8, 4) is 0 Å². The van der Waals surface area contributed by atoms with E-state index in [1.54, 1.807) is 6.07 Å². The number of hydrogen-bond acceptors (Lipinski definition) is 2. The summed E-state index contributed by atoms with van der Waals surface area (Å²) < 4.78 is 19.5. The van der Waals surface area contributed by atoms with Gasteiger partial charge in [0.25, 0.3) is 0 Å². The second-order valence-electron chi connectivity index (χ2n) is 5.62. The molecule has 20 heavy (non-hydrogen) atoms. The van der Waals surface area contributed by atoms with Crippen molar-refractivity contribution < 1.29 is 9.13 Å². The van der Waals surface area contributed by atoms with E-state index in [-0.39, 0.29) is 22.5 Å². The largest absolute Gasteiger partial charge is 0.374 e. The quantitative estimate of drug-likeness (QED) is 0.889. The van der Waals surface area contributed by atoms with Crippen LogP contribution in [-0.2, 0) is 11.2 Å². The SMILES string of the molecule is CCOC1(C(N)Cc2ccc(Cl)c(F)c2)CCCCC1. The van der Waals surface area contributed by atoms with Crippen LogP contribution < -0.4 is 5.73 Å². The highest BCUT2D eigenvalue weighted by Crippen LogP contribution is 2.35. The Morgan fingerprint density at radius 3 is 2.65 bits per heavy atom. The van der Waals surface area contributed by atoms with Crippen molar-refractivity contribution in [2.75, 3.05) is 6.61 Å². The minimum absolute atomic E-state index is 0.108. The fourth-order valence-corrected chi connectivity index (χ4v) is 3.28. The van der Waals surface area contributed by atoms with Gasteiger partial charge in [-0.3, -0.25) is 0 Å². The summed E-state index contributed by atoms with van der Waals surface area (Å²) in [6.45, 7) is 2.67. The Kier molecular flexibility index (Phi) is 5.42. The summed E-state index contributed by atoms with van der Waals surface area (Å²) in [6.07, 6.45) is 6.17. The van der Waals surface area contributed by atoms with Gasteiger partial charge in [-0.15, -0.1) is 0 Å². The summed E-state index contributed by atoms with van der Waals surface area (Å²) >= 11 is 5.71. The molecule has 0 amide bonds. The lowest BCUT2D eigenvalue weighted by Crippen LogP contribution is -2.52. The zero-order chi connectivity index (χ0) is 14.6. The van der Waals surface area contributed by atoms with Gasteiger partial charge < -0.3 is 10.5 Å². The van der Waals surface area contributed by atoms with Crippen LogP contribution in [0.4, 0.5) is 4.39 Å². The van der Waals surface area contributed by atoms with E-state index in [0.717, 1.165) is 31.2 Å². The van der Waals surface area contributed by atoms with Crippen molar-refractivity contribution in [2.24, 2.45) is 5.73 Å². The molecule has 1 aromatic carbocycles. The van der Waals surface area contributed by atoms with E-state index >= 15 is 0 Å². The van der Waals surface area contributed by atoms with Crippen molar-refractivity contribution >= 4 is 11.6 Å². The van der Waals surface area contributed by atoms with Gasteiger partial charge >= 0.3 is 0 Å². The number of rotatable bonds is 5. The molecule has 0 heterocycles. The van der Waals surface area contributed by atoms with Gasteiger partial charge in [-0.25, -0.2) is 4.39 Å². The molecule has 1 unspecified atom stereocenters. The Balaban J connectivity index is 2.11. The van der Waals surface area contributed by atoms with Crippen LogP contribution >= 0.6 is 11.6 Å². The van der Waals surface area contributed by atoms with Gasteiger partial charge in [0.2, 0.25) is 0 Å². The van der Waals surface area contributed by atoms with E-state index in [4.69, 9.17) is 22.1 Å². The predicted octanol–water partition coefficient (Wildman–Crippen LogP) is 4.09. The van der Waals surface area contributed by atoms with E-state index in [2.05, 4.69) is 0 Å². The van der Waals surface area contributed by atoms with Crippen LogP contribution in [0.1, 0.15) is 44.6 Å². The zero-order valence-corrected chi connectivity index (χ0v) is 12.8. The average molecular weight is 300 g/mol. The first kappa shape index (κ1) is 15.7. The molecule has 1 fully saturated rings. The fraction of sp³-hybridized carbons (Fsp3) is 0.625. The lowest BCUT2D eigenvalue weighted by Gasteiger charge is -2.41. The number of ether oxygens (including phenoxy) is 1. The van der Waals surface area contributed by atoms with Gasteiger partial charge in [0, 0.05) is 12.6 Å². The van der Waals surface area contributed by atoms with Crippen molar-refractivity contribution in [1.29, 1.82) is 0 Å². The van der Waals surface area contributed by atoms with E-state index in [1.165, 1.54) is 12.5 Å². The van der Waals surface area contributed by atoms with Crippen LogP contribution in [0.3, 0.4) is 0 Å². The third-order valence-corrected chi connectivity index (χ3v) is 4.55. The molecule has 1 atom stereocenters. The van der Waals surface area contributed by atoms with Crippen LogP contribution in [0, 0.1) is 5.82 Å². The molecule has 1 aromatic rings. The summed E-state index contributed by atoms with van der Waals surface area (Å²) in [5.41, 5.74) is 7.04. The number of hydrogen-bond donors (Lipinski definition) is 1. The summed E-state index contributed by atoms with van der Waals surface area (Å²) in [7, 11) is 0. The van der Waals surface area contributed by atoms with E-state index in [9.17, 15) is 4.39 Å². The first-order valence-corrected chi connectivity index (χ1v) is 7.78. The third kappa shape index (κ3) is 3.51. The van der Waals surface area contributed by atoms with Gasteiger partial charge in [0.05, 0.1) is 10.6 Å². The molecule has 0 aromatic heterocycles. The van der Waals surface area contributed by atoms with Gasteiger partial charge in [-0.2, -0.15) is 0 Å². The molecule has 1 aliphatic rings. The maximum atomic E-state index is 13.5. The Morgan fingerprint density at radius 1 is 1.35 bits per heavy atom. The molecule has 0 radical (unpaired) electrons. The zero-order valence-electron chi connectivity index (χ0n) is 12.0. The topological polar surface area (TPSA) is 35.2 Å². The molecule has 1 aliphatic carbocycles. The molecule has 0 aliphatic heterocycles. The van der Waals surface area contributed by atoms with Gasteiger partial charge in [0.15, 0.2) is 0 Å². The number of benzene rings is 1. The molecule has 2 N–H and O–H groups in total. The average Bonchev–Trinajstić information content (AvgIpc) is 2.44. The summed E-state index contributed by atoms with van der Waals surface area (Å²) in [4.78, 5) is 0. The second kappa shape index (κ2) is 6.88. The van der Waals surface area contributed by atoms with Crippen LogP contribution in [0.5, 0.6) is 0 Å². The Bertz CT molecular complexity index is 441. The van der Waals surface area contributed by atoms with Crippen LogP contribution in [0.2, 0.25) is 5.02 Å². The molecule has 2 nitrogen and oxygen atoms in total. The number of nitrogens with two attached hydrogens (primary N) is 1. The highest BCUT2D eigenvalue weighted by molar-refractivity contribution is 6.30. The molecule has 4 heteroatoms. The molecule has 0 saturated heterocycles. The normalized spacial score (nSPS) is 19.8. The Morgan fingerprint density at radius 2 is 2.05 bits per heavy atom. The molecule has 0 bridgehead atoms. The first-order valence-electron chi connectivity index (χ1n) is 7.41. The van der Waals surface area contributed by atoms with Crippen LogP contribution in [0.15, 0.2) is 18.2 Å². The third-order valence-electron chi connectivity index (χ3n) is 4.25. The molecule has 2 rings (SSSR count). The molecule has 0 spiro atoms. The highest BCUT2D eigenvalue weighted by Gasteiger charge is 2.38. The van der Waals surface area contributed by atoms with Crippen molar-refractivity contribution in [2.45, 2.75) is 57.1 Å². The van der Waals surface area contributed by atoms with Crippen molar-refractivity contribution in [3.63, 3.8) is 0 Å². The summed E-state index contributed by atoms with van der Waals surface area (Å²) in [6, 6.07) is 4.80. The molecule has 1 saturated carbocycles. The lowest BCUT2D eigenvalue weighted by atomic mass is 9.77. The van der Waals surface area contributed by atoms with E-state index < -0.39 is 0 Å². The first-order chi connectivity index (χ1) is 9.57. The Hall–Kier alpha value is -0.640. The monoisotopic (exact) mass is 299 g/mol. The van der Waals surface area contributed by atoms with Crippen molar-refractivity contribution in [1.82, 2.24) is 0 Å².